The van der Waals surface area contributed by atoms with Crippen LogP contribution in [-0.4, -0.2) is 12.0 Å². The molecule has 0 saturated heterocycles. The Morgan fingerprint density at radius 2 is 1.76 bits per heavy atom. The lowest BCUT2D eigenvalue weighted by Gasteiger charge is -2.18. The van der Waals surface area contributed by atoms with Crippen molar-refractivity contribution in [3.05, 3.63) is 75.9 Å². The summed E-state index contributed by atoms with van der Waals surface area (Å²) in [7, 11) is 1.92. The van der Waals surface area contributed by atoms with Crippen molar-refractivity contribution in [1.82, 2.24) is 10.3 Å². The summed E-state index contributed by atoms with van der Waals surface area (Å²) in [6.07, 6.45) is 1.89. The zero-order valence-electron chi connectivity index (χ0n) is 11.5. The molecule has 0 aliphatic heterocycles. The minimum absolute atomic E-state index is 0.0249. The highest BCUT2D eigenvalue weighted by Gasteiger charge is 2.14. The lowest BCUT2D eigenvalue weighted by Crippen LogP contribution is -2.17. The number of para-hydroxylation sites is 1. The fourth-order valence-electron chi connectivity index (χ4n) is 2.46. The fourth-order valence-corrected chi connectivity index (χ4v) is 2.77. The van der Waals surface area contributed by atoms with Gasteiger partial charge in [-0.2, -0.15) is 0 Å². The van der Waals surface area contributed by atoms with Gasteiger partial charge in [0.2, 0.25) is 0 Å². The van der Waals surface area contributed by atoms with E-state index in [4.69, 9.17) is 23.2 Å². The average molecular weight is 317 g/mol. The van der Waals surface area contributed by atoms with E-state index < -0.39 is 0 Å². The Morgan fingerprint density at radius 1 is 0.952 bits per heavy atom. The van der Waals surface area contributed by atoms with E-state index in [0.29, 0.717) is 10.0 Å². The van der Waals surface area contributed by atoms with Crippen LogP contribution in [0.15, 0.2) is 54.7 Å². The molecule has 0 radical (unpaired) electrons. The van der Waals surface area contributed by atoms with Crippen LogP contribution in [0.25, 0.3) is 10.9 Å². The van der Waals surface area contributed by atoms with Crippen molar-refractivity contribution in [1.29, 1.82) is 0 Å². The Hall–Kier alpha value is -1.61. The molecule has 4 heteroatoms. The summed E-state index contributed by atoms with van der Waals surface area (Å²) in [5.74, 6) is 0. The summed E-state index contributed by atoms with van der Waals surface area (Å²) in [6, 6.07) is 15.9. The Balaban J connectivity index is 2.06. The average Bonchev–Trinajstić information content (AvgIpc) is 2.51. The van der Waals surface area contributed by atoms with Crippen molar-refractivity contribution in [2.45, 2.75) is 6.04 Å². The van der Waals surface area contributed by atoms with Gasteiger partial charge < -0.3 is 5.32 Å². The number of aromatic nitrogens is 1. The quantitative estimate of drug-likeness (QED) is 0.747. The van der Waals surface area contributed by atoms with E-state index in [0.717, 1.165) is 22.0 Å². The molecule has 1 heterocycles. The minimum atomic E-state index is 0.0249. The zero-order chi connectivity index (χ0) is 14.8. The van der Waals surface area contributed by atoms with Gasteiger partial charge in [-0.25, -0.2) is 0 Å². The molecule has 2 aromatic carbocycles. The molecule has 1 unspecified atom stereocenters. The predicted octanol–water partition coefficient (Wildman–Crippen LogP) is 4.85. The van der Waals surface area contributed by atoms with Gasteiger partial charge in [-0.15, -0.1) is 0 Å². The molecule has 1 N–H and O–H groups in total. The maximum absolute atomic E-state index is 6.12. The van der Waals surface area contributed by atoms with Crippen molar-refractivity contribution >= 4 is 34.1 Å². The second-order valence-corrected chi connectivity index (χ2v) is 5.67. The number of pyridine rings is 1. The number of rotatable bonds is 3. The maximum Gasteiger partial charge on any atom is 0.0702 e. The summed E-state index contributed by atoms with van der Waals surface area (Å²) < 4.78 is 0. The highest BCUT2D eigenvalue weighted by atomic mass is 35.5. The van der Waals surface area contributed by atoms with Gasteiger partial charge in [-0.3, -0.25) is 4.98 Å². The first-order valence-electron chi connectivity index (χ1n) is 6.66. The van der Waals surface area contributed by atoms with E-state index in [-0.39, 0.29) is 6.04 Å². The topological polar surface area (TPSA) is 24.9 Å². The Morgan fingerprint density at radius 3 is 2.52 bits per heavy atom. The number of hydrogen-bond acceptors (Lipinski definition) is 2. The highest BCUT2D eigenvalue weighted by Crippen LogP contribution is 2.29. The number of nitrogens with one attached hydrogen (secondary N) is 1. The molecule has 2 nitrogen and oxygen atoms in total. The smallest absolute Gasteiger partial charge is 0.0702 e. The van der Waals surface area contributed by atoms with Gasteiger partial charge in [0.05, 0.1) is 21.6 Å². The van der Waals surface area contributed by atoms with E-state index >= 15 is 0 Å². The van der Waals surface area contributed by atoms with Crippen LogP contribution in [0.3, 0.4) is 0 Å². The zero-order valence-corrected chi connectivity index (χ0v) is 13.0. The fraction of sp³-hybridized carbons (Fsp3) is 0.118. The van der Waals surface area contributed by atoms with Crippen molar-refractivity contribution in [3.8, 4) is 0 Å². The van der Waals surface area contributed by atoms with E-state index in [1.54, 1.807) is 0 Å². The van der Waals surface area contributed by atoms with Gasteiger partial charge in [-0.05, 0) is 42.4 Å². The van der Waals surface area contributed by atoms with Crippen molar-refractivity contribution in [2.24, 2.45) is 0 Å². The molecule has 0 amide bonds. The SMILES string of the molecule is CNC(c1ccc(Cl)c(Cl)c1)c1cnc2ccccc2c1. The van der Waals surface area contributed by atoms with Gasteiger partial charge in [0.25, 0.3) is 0 Å². The third-order valence-electron chi connectivity index (χ3n) is 3.51. The summed E-state index contributed by atoms with van der Waals surface area (Å²) >= 11 is 12.1. The number of halogens is 2. The molecule has 0 fully saturated rings. The van der Waals surface area contributed by atoms with Crippen LogP contribution >= 0.6 is 23.2 Å². The highest BCUT2D eigenvalue weighted by molar-refractivity contribution is 6.42. The molecule has 106 valence electrons. The molecule has 1 atom stereocenters. The Kier molecular flexibility index (Phi) is 4.11. The second kappa shape index (κ2) is 6.02. The number of fused-ring (bicyclic) bond motifs is 1. The van der Waals surface area contributed by atoms with Crippen LogP contribution in [0.5, 0.6) is 0 Å². The number of hydrogen-bond donors (Lipinski definition) is 1. The third kappa shape index (κ3) is 2.88. The first kappa shape index (κ1) is 14.3. The lowest BCUT2D eigenvalue weighted by molar-refractivity contribution is 0.690. The summed E-state index contributed by atoms with van der Waals surface area (Å²) in [5, 5.41) is 5.55. The molecule has 0 bridgehead atoms. The van der Waals surface area contributed by atoms with E-state index in [9.17, 15) is 0 Å². The largest absolute Gasteiger partial charge is 0.309 e. The van der Waals surface area contributed by atoms with Crippen LogP contribution < -0.4 is 5.32 Å². The lowest BCUT2D eigenvalue weighted by atomic mass is 9.99. The van der Waals surface area contributed by atoms with Gasteiger partial charge in [0.1, 0.15) is 0 Å². The molecule has 3 aromatic rings. The normalized spacial score (nSPS) is 12.5. The molecular weight excluding hydrogens is 303 g/mol. The van der Waals surface area contributed by atoms with Crippen molar-refractivity contribution in [3.63, 3.8) is 0 Å². The Bertz CT molecular complexity index is 787. The molecule has 3 rings (SSSR count). The summed E-state index contributed by atoms with van der Waals surface area (Å²) in [6.45, 7) is 0. The van der Waals surface area contributed by atoms with Gasteiger partial charge in [0.15, 0.2) is 0 Å². The van der Waals surface area contributed by atoms with Crippen LogP contribution in [0, 0.1) is 0 Å². The van der Waals surface area contributed by atoms with E-state index in [1.807, 2.05) is 49.6 Å². The van der Waals surface area contributed by atoms with Crippen molar-refractivity contribution in [2.75, 3.05) is 7.05 Å². The minimum Gasteiger partial charge on any atom is -0.309 e. The Labute approximate surface area is 133 Å². The van der Waals surface area contributed by atoms with Gasteiger partial charge in [-0.1, -0.05) is 47.5 Å². The summed E-state index contributed by atoms with van der Waals surface area (Å²) in [5.41, 5.74) is 3.14. The molecule has 0 aliphatic carbocycles. The van der Waals surface area contributed by atoms with E-state index in [2.05, 4.69) is 22.4 Å². The molecule has 1 aromatic heterocycles. The van der Waals surface area contributed by atoms with Crippen LogP contribution in [0.1, 0.15) is 17.2 Å². The first-order valence-corrected chi connectivity index (χ1v) is 7.41. The monoisotopic (exact) mass is 316 g/mol. The number of benzene rings is 2. The van der Waals surface area contributed by atoms with Crippen LogP contribution in [0.4, 0.5) is 0 Å². The molecular formula is C17H14Cl2N2. The number of nitrogens with zero attached hydrogens (tertiary/aromatic N) is 1. The first-order chi connectivity index (χ1) is 10.2. The summed E-state index contributed by atoms with van der Waals surface area (Å²) in [4.78, 5) is 4.52. The molecule has 0 aliphatic rings. The van der Waals surface area contributed by atoms with E-state index in [1.165, 1.54) is 0 Å². The second-order valence-electron chi connectivity index (χ2n) is 4.86. The maximum atomic E-state index is 6.12. The predicted molar refractivity (Wildman–Crippen MR) is 89.1 cm³/mol. The molecule has 0 spiro atoms. The molecule has 21 heavy (non-hydrogen) atoms. The van der Waals surface area contributed by atoms with Crippen LogP contribution in [-0.2, 0) is 0 Å². The molecule has 0 saturated carbocycles. The van der Waals surface area contributed by atoms with Gasteiger partial charge in [0, 0.05) is 11.6 Å². The third-order valence-corrected chi connectivity index (χ3v) is 4.25. The van der Waals surface area contributed by atoms with Gasteiger partial charge >= 0.3 is 0 Å². The van der Waals surface area contributed by atoms with Crippen molar-refractivity contribution < 1.29 is 0 Å². The standard InChI is InChI=1S/C17H14Cl2N2/c1-20-17(12-6-7-14(18)15(19)9-12)13-8-11-4-2-3-5-16(11)21-10-13/h2-10,17,20H,1H3. The van der Waals surface area contributed by atoms with Crippen LogP contribution in [0.2, 0.25) is 10.0 Å².